The third-order valence-electron chi connectivity index (χ3n) is 2.84. The normalized spacial score (nSPS) is 11.2. The minimum Gasteiger partial charge on any atom is -0.192 e. The Kier molecular flexibility index (Phi) is 4.15. The number of alkyl halides is 3. The van der Waals surface area contributed by atoms with E-state index in [2.05, 4.69) is 15.9 Å². The number of halogens is 4. The number of nitrogens with zero attached hydrogens (tertiary/aromatic N) is 1. The fourth-order valence-electron chi connectivity index (χ4n) is 1.88. The second kappa shape index (κ2) is 5.68. The molecule has 0 saturated heterocycles. The number of rotatable bonds is 2. The number of nitriles is 1. The van der Waals surface area contributed by atoms with Crippen molar-refractivity contribution >= 4 is 15.9 Å². The Morgan fingerprint density at radius 3 is 2.50 bits per heavy atom. The average molecular weight is 340 g/mol. The zero-order valence-electron chi connectivity index (χ0n) is 10.2. The predicted octanol–water partition coefficient (Wildman–Crippen LogP) is 4.93. The van der Waals surface area contributed by atoms with Crippen molar-refractivity contribution in [2.45, 2.75) is 12.6 Å². The minimum atomic E-state index is -4.35. The maximum atomic E-state index is 12.6. The van der Waals surface area contributed by atoms with Crippen LogP contribution in [0.25, 0.3) is 0 Å². The average Bonchev–Trinajstić information content (AvgIpc) is 2.40. The fraction of sp³-hybridized carbons (Fsp3) is 0.133. The number of benzene rings is 2. The van der Waals surface area contributed by atoms with Crippen molar-refractivity contribution in [1.82, 2.24) is 0 Å². The summed E-state index contributed by atoms with van der Waals surface area (Å²) >= 11 is 3.26. The minimum absolute atomic E-state index is 0.292. The molecule has 0 amide bonds. The maximum Gasteiger partial charge on any atom is 0.416 e. The lowest BCUT2D eigenvalue weighted by Crippen LogP contribution is -2.05. The number of hydrogen-bond acceptors (Lipinski definition) is 1. The van der Waals surface area contributed by atoms with Crippen LogP contribution in [-0.2, 0) is 12.6 Å². The Morgan fingerprint density at radius 1 is 1.10 bits per heavy atom. The molecule has 102 valence electrons. The molecule has 5 heteroatoms. The Labute approximate surface area is 122 Å². The van der Waals surface area contributed by atoms with Crippen LogP contribution >= 0.6 is 15.9 Å². The highest BCUT2D eigenvalue weighted by Crippen LogP contribution is 2.30. The summed E-state index contributed by atoms with van der Waals surface area (Å²) in [5.41, 5.74) is 1.01. The molecule has 0 radical (unpaired) electrons. The lowest BCUT2D eigenvalue weighted by Gasteiger charge is -2.09. The van der Waals surface area contributed by atoms with Crippen LogP contribution in [0, 0.1) is 11.3 Å². The fourth-order valence-corrected chi connectivity index (χ4v) is 2.25. The smallest absolute Gasteiger partial charge is 0.192 e. The van der Waals surface area contributed by atoms with Crippen LogP contribution in [0.5, 0.6) is 0 Å². The van der Waals surface area contributed by atoms with Crippen LogP contribution in [0.15, 0.2) is 46.9 Å². The lowest BCUT2D eigenvalue weighted by molar-refractivity contribution is -0.137. The summed E-state index contributed by atoms with van der Waals surface area (Å²) in [7, 11) is 0. The van der Waals surface area contributed by atoms with Crippen molar-refractivity contribution in [3.63, 3.8) is 0 Å². The Hall–Kier alpha value is -1.80. The molecule has 0 aliphatic carbocycles. The van der Waals surface area contributed by atoms with E-state index in [0.717, 1.165) is 16.6 Å². The van der Waals surface area contributed by atoms with E-state index in [-0.39, 0.29) is 0 Å². The molecule has 20 heavy (non-hydrogen) atoms. The van der Waals surface area contributed by atoms with Crippen LogP contribution in [0.1, 0.15) is 22.3 Å². The van der Waals surface area contributed by atoms with E-state index in [1.54, 1.807) is 24.3 Å². The van der Waals surface area contributed by atoms with Crippen molar-refractivity contribution in [3.05, 3.63) is 69.2 Å². The van der Waals surface area contributed by atoms with Crippen molar-refractivity contribution in [2.24, 2.45) is 0 Å². The van der Waals surface area contributed by atoms with Crippen molar-refractivity contribution < 1.29 is 13.2 Å². The maximum absolute atomic E-state index is 12.6. The summed E-state index contributed by atoms with van der Waals surface area (Å²) in [4.78, 5) is 0. The van der Waals surface area contributed by atoms with Gasteiger partial charge in [-0.15, -0.1) is 0 Å². The van der Waals surface area contributed by atoms with E-state index in [1.807, 2.05) is 6.07 Å². The lowest BCUT2D eigenvalue weighted by atomic mass is 9.99. The van der Waals surface area contributed by atoms with Gasteiger partial charge in [0.05, 0.1) is 17.2 Å². The van der Waals surface area contributed by atoms with Crippen molar-refractivity contribution in [3.8, 4) is 6.07 Å². The van der Waals surface area contributed by atoms with E-state index in [4.69, 9.17) is 5.26 Å². The Morgan fingerprint density at radius 2 is 1.85 bits per heavy atom. The van der Waals surface area contributed by atoms with Gasteiger partial charge in [0.2, 0.25) is 0 Å². The molecule has 0 fully saturated rings. The van der Waals surface area contributed by atoms with E-state index < -0.39 is 11.7 Å². The third-order valence-corrected chi connectivity index (χ3v) is 3.33. The molecule has 0 unspecified atom stereocenters. The second-order valence-electron chi connectivity index (χ2n) is 4.29. The van der Waals surface area contributed by atoms with E-state index in [1.165, 1.54) is 6.07 Å². The van der Waals surface area contributed by atoms with Gasteiger partial charge in [-0.1, -0.05) is 40.2 Å². The van der Waals surface area contributed by atoms with E-state index in [0.29, 0.717) is 23.1 Å². The Balaban J connectivity index is 2.34. The standard InChI is InChI=1S/C15H9BrF3N/c16-14-5-4-11(12(8-14)9-20)6-10-2-1-3-13(7-10)15(17,18)19/h1-5,7-8H,6H2. The molecule has 0 spiro atoms. The molecule has 2 aromatic rings. The van der Waals surface area contributed by atoms with Crippen molar-refractivity contribution in [1.29, 1.82) is 5.26 Å². The van der Waals surface area contributed by atoms with Gasteiger partial charge in [0.25, 0.3) is 0 Å². The zero-order valence-corrected chi connectivity index (χ0v) is 11.8. The topological polar surface area (TPSA) is 23.8 Å². The SMILES string of the molecule is N#Cc1cc(Br)ccc1Cc1cccc(C(F)(F)F)c1. The molecule has 0 heterocycles. The van der Waals surface area contributed by atoms with Crippen LogP contribution in [-0.4, -0.2) is 0 Å². The highest BCUT2D eigenvalue weighted by atomic mass is 79.9. The first kappa shape index (κ1) is 14.6. The molecule has 0 aliphatic rings. The quantitative estimate of drug-likeness (QED) is 0.760. The molecule has 1 nitrogen and oxygen atoms in total. The second-order valence-corrected chi connectivity index (χ2v) is 5.20. The van der Waals surface area contributed by atoms with Gasteiger partial charge < -0.3 is 0 Å². The molecule has 0 atom stereocenters. The van der Waals surface area contributed by atoms with Gasteiger partial charge in [-0.05, 0) is 35.7 Å². The molecule has 0 bridgehead atoms. The number of hydrogen-bond donors (Lipinski definition) is 0. The first-order chi connectivity index (χ1) is 9.40. The van der Waals surface area contributed by atoms with Crippen LogP contribution < -0.4 is 0 Å². The predicted molar refractivity (Wildman–Crippen MR) is 73.1 cm³/mol. The molecule has 2 aromatic carbocycles. The molecular weight excluding hydrogens is 331 g/mol. The van der Waals surface area contributed by atoms with Crippen molar-refractivity contribution in [2.75, 3.05) is 0 Å². The highest BCUT2D eigenvalue weighted by Gasteiger charge is 2.30. The Bertz CT molecular complexity index is 672. The van der Waals surface area contributed by atoms with Crippen LogP contribution in [0.4, 0.5) is 13.2 Å². The summed E-state index contributed by atoms with van der Waals surface area (Å²) < 4.78 is 38.7. The van der Waals surface area contributed by atoms with Gasteiger partial charge in [0.15, 0.2) is 0 Å². The molecule has 0 aliphatic heterocycles. The first-order valence-corrected chi connectivity index (χ1v) is 6.54. The van der Waals surface area contributed by atoms with Crippen LogP contribution in [0.2, 0.25) is 0 Å². The largest absolute Gasteiger partial charge is 0.416 e. The van der Waals surface area contributed by atoms with Gasteiger partial charge in [-0.3, -0.25) is 0 Å². The molecule has 2 rings (SSSR count). The van der Waals surface area contributed by atoms with Gasteiger partial charge in [-0.25, -0.2) is 0 Å². The molecular formula is C15H9BrF3N. The first-order valence-electron chi connectivity index (χ1n) is 5.75. The summed E-state index contributed by atoms with van der Waals surface area (Å²) in [5, 5.41) is 9.05. The summed E-state index contributed by atoms with van der Waals surface area (Å²) in [6.45, 7) is 0. The van der Waals surface area contributed by atoms with Gasteiger partial charge in [0.1, 0.15) is 0 Å². The van der Waals surface area contributed by atoms with Gasteiger partial charge >= 0.3 is 6.18 Å². The molecule has 0 aromatic heterocycles. The summed E-state index contributed by atoms with van der Waals surface area (Å²) in [6, 6.07) is 12.4. The van der Waals surface area contributed by atoms with Crippen LogP contribution in [0.3, 0.4) is 0 Å². The summed E-state index contributed by atoms with van der Waals surface area (Å²) in [5.74, 6) is 0. The van der Waals surface area contributed by atoms with Gasteiger partial charge in [-0.2, -0.15) is 18.4 Å². The van der Waals surface area contributed by atoms with Gasteiger partial charge in [0, 0.05) is 4.47 Å². The zero-order chi connectivity index (χ0) is 14.8. The van der Waals surface area contributed by atoms with E-state index >= 15 is 0 Å². The van der Waals surface area contributed by atoms with E-state index in [9.17, 15) is 13.2 Å². The molecule has 0 N–H and O–H groups in total. The highest BCUT2D eigenvalue weighted by molar-refractivity contribution is 9.10. The summed E-state index contributed by atoms with van der Waals surface area (Å²) in [6.07, 6.45) is -4.06. The third kappa shape index (κ3) is 3.40. The monoisotopic (exact) mass is 339 g/mol. The molecule has 0 saturated carbocycles.